The number of ether oxygens (including phenoxy) is 1. The zero-order valence-electron chi connectivity index (χ0n) is 24.4. The topological polar surface area (TPSA) is 243 Å². The minimum absolute atomic E-state index is 0.0152. The molecule has 0 fully saturated rings. The van der Waals surface area contributed by atoms with Crippen molar-refractivity contribution in [2.75, 3.05) is 19.0 Å². The number of carbonyl (C=O) groups is 3. The number of benzene rings is 2. The van der Waals surface area contributed by atoms with Crippen LogP contribution in [-0.4, -0.2) is 73.1 Å². The Morgan fingerprint density at radius 3 is 2.43 bits per heavy atom. The maximum Gasteiger partial charge on any atom is 0.242 e. The standard InChI is InChI=1S/C29H39N7O7S/c1-2-44(41,42)36-25(14-20-17-33-23-9-8-21(15-22(20)23)43-13-3-12-37)29(40)35-24(10-11-26(30)38)28(39)34-16-18-4-6-19(7-5-18)27(31)32/h4-9,15,17,24-25,33,36-37H,2-3,10-14,16H2,1H3,(H2,30,38)(H3,31,32)(H,34,39)(H,35,40)/t24-,25+/m0/s1. The van der Waals surface area contributed by atoms with Crippen LogP contribution in [0.3, 0.4) is 0 Å². The quantitative estimate of drug-likeness (QED) is 0.0545. The number of aromatic nitrogens is 1. The SMILES string of the molecule is CCS(=O)(=O)N[C@H](Cc1c[nH]c2ccc(OCCCO)cc12)C(=O)N[C@@H](CCC(N)=O)C(=O)NCc1ccc(C(=N)N)cc1. The van der Waals surface area contributed by atoms with E-state index < -0.39 is 39.8 Å². The maximum absolute atomic E-state index is 13.6. The van der Waals surface area contributed by atoms with Gasteiger partial charge in [0.05, 0.1) is 12.4 Å². The smallest absolute Gasteiger partial charge is 0.242 e. The third-order valence-corrected chi connectivity index (χ3v) is 8.20. The molecule has 0 saturated carbocycles. The van der Waals surface area contributed by atoms with Crippen LogP contribution in [0.4, 0.5) is 0 Å². The Kier molecular flexibility index (Phi) is 12.3. The summed E-state index contributed by atoms with van der Waals surface area (Å²) in [6.07, 6.45) is 1.76. The first kappa shape index (κ1) is 34.0. The number of H-pyrrole nitrogens is 1. The number of amidine groups is 1. The van der Waals surface area contributed by atoms with Crippen molar-refractivity contribution in [2.24, 2.45) is 11.5 Å². The average Bonchev–Trinajstić information content (AvgIpc) is 3.39. The zero-order chi connectivity index (χ0) is 32.3. The van der Waals surface area contributed by atoms with Gasteiger partial charge in [-0.1, -0.05) is 24.3 Å². The molecule has 3 aromatic rings. The summed E-state index contributed by atoms with van der Waals surface area (Å²) in [4.78, 5) is 41.3. The summed E-state index contributed by atoms with van der Waals surface area (Å²) in [7, 11) is -3.85. The number of amides is 3. The van der Waals surface area contributed by atoms with Crippen molar-refractivity contribution in [3.63, 3.8) is 0 Å². The summed E-state index contributed by atoms with van der Waals surface area (Å²) in [5, 5.41) is 22.5. The average molecular weight is 630 g/mol. The lowest BCUT2D eigenvalue weighted by Crippen LogP contribution is -2.54. The number of sulfonamides is 1. The van der Waals surface area contributed by atoms with E-state index in [0.29, 0.717) is 40.9 Å². The van der Waals surface area contributed by atoms with Crippen LogP contribution >= 0.6 is 0 Å². The summed E-state index contributed by atoms with van der Waals surface area (Å²) < 4.78 is 33.2. The number of fused-ring (bicyclic) bond motifs is 1. The lowest BCUT2D eigenvalue weighted by molar-refractivity contribution is -0.130. The van der Waals surface area contributed by atoms with Crippen LogP contribution in [0.5, 0.6) is 5.75 Å². The fraction of sp³-hybridized carbons (Fsp3) is 0.379. The van der Waals surface area contributed by atoms with Gasteiger partial charge in [-0.3, -0.25) is 19.8 Å². The fourth-order valence-corrected chi connectivity index (χ4v) is 5.11. The highest BCUT2D eigenvalue weighted by molar-refractivity contribution is 7.89. The molecule has 0 aliphatic carbocycles. The Hall–Kier alpha value is -4.47. The minimum Gasteiger partial charge on any atom is -0.493 e. The predicted octanol–water partition coefficient (Wildman–Crippen LogP) is 0.130. The number of aromatic amines is 1. The molecule has 0 unspecified atom stereocenters. The number of nitrogens with two attached hydrogens (primary N) is 2. The molecule has 2 aromatic carbocycles. The molecule has 0 radical (unpaired) electrons. The number of primary amides is 1. The number of carbonyl (C=O) groups excluding carboxylic acids is 3. The molecule has 3 rings (SSSR count). The van der Waals surface area contributed by atoms with Crippen molar-refractivity contribution in [1.29, 1.82) is 5.41 Å². The monoisotopic (exact) mass is 629 g/mol. The van der Waals surface area contributed by atoms with Crippen LogP contribution in [0.1, 0.15) is 42.9 Å². The molecule has 0 bridgehead atoms. The van der Waals surface area contributed by atoms with E-state index >= 15 is 0 Å². The highest BCUT2D eigenvalue weighted by Gasteiger charge is 2.29. The highest BCUT2D eigenvalue weighted by Crippen LogP contribution is 2.25. The molecule has 238 valence electrons. The van der Waals surface area contributed by atoms with E-state index in [1.54, 1.807) is 48.7 Å². The van der Waals surface area contributed by atoms with Gasteiger partial charge in [0.1, 0.15) is 23.7 Å². The van der Waals surface area contributed by atoms with E-state index in [-0.39, 0.29) is 44.0 Å². The number of aliphatic hydroxyl groups is 1. The van der Waals surface area contributed by atoms with Crippen LogP contribution in [0.25, 0.3) is 10.9 Å². The van der Waals surface area contributed by atoms with Crippen molar-refractivity contribution >= 4 is 44.5 Å². The predicted molar refractivity (Wildman–Crippen MR) is 165 cm³/mol. The second-order valence-corrected chi connectivity index (χ2v) is 12.2. The van der Waals surface area contributed by atoms with Crippen LogP contribution in [0.2, 0.25) is 0 Å². The lowest BCUT2D eigenvalue weighted by Gasteiger charge is -2.23. The Balaban J connectivity index is 1.80. The minimum atomic E-state index is -3.85. The molecule has 1 heterocycles. The number of hydrogen-bond donors (Lipinski definition) is 8. The van der Waals surface area contributed by atoms with Crippen molar-refractivity contribution in [3.8, 4) is 5.75 Å². The van der Waals surface area contributed by atoms with Crippen molar-refractivity contribution in [3.05, 3.63) is 65.4 Å². The summed E-state index contributed by atoms with van der Waals surface area (Å²) in [5.41, 5.74) is 13.4. The van der Waals surface area contributed by atoms with Crippen LogP contribution in [0, 0.1) is 5.41 Å². The molecule has 0 saturated heterocycles. The molecular weight excluding hydrogens is 590 g/mol. The van der Waals surface area contributed by atoms with Gasteiger partial charge in [0.25, 0.3) is 0 Å². The molecule has 44 heavy (non-hydrogen) atoms. The van der Waals surface area contributed by atoms with Gasteiger partial charge < -0.3 is 36.9 Å². The second-order valence-electron chi connectivity index (χ2n) is 10.1. The molecule has 10 N–H and O–H groups in total. The van der Waals surface area contributed by atoms with Crippen LogP contribution < -0.4 is 31.6 Å². The second kappa shape index (κ2) is 15.8. The molecule has 0 spiro atoms. The van der Waals surface area contributed by atoms with Crippen molar-refractivity contribution in [2.45, 2.75) is 51.2 Å². The van der Waals surface area contributed by atoms with Crippen LogP contribution in [0.15, 0.2) is 48.7 Å². The fourth-order valence-electron chi connectivity index (χ4n) is 4.32. The summed E-state index contributed by atoms with van der Waals surface area (Å²) in [6, 6.07) is 9.47. The van der Waals surface area contributed by atoms with Gasteiger partial charge in [0, 0.05) is 48.7 Å². The number of nitrogen functional groups attached to an aromatic ring is 1. The van der Waals surface area contributed by atoms with Gasteiger partial charge >= 0.3 is 0 Å². The van der Waals surface area contributed by atoms with E-state index in [2.05, 4.69) is 20.3 Å². The van der Waals surface area contributed by atoms with E-state index in [9.17, 15) is 22.8 Å². The third kappa shape index (κ3) is 10.1. The van der Waals surface area contributed by atoms with Gasteiger partial charge in [-0.15, -0.1) is 0 Å². The van der Waals surface area contributed by atoms with Crippen LogP contribution in [-0.2, 0) is 37.4 Å². The Morgan fingerprint density at radius 2 is 1.80 bits per heavy atom. The summed E-state index contributed by atoms with van der Waals surface area (Å²) in [5.74, 6) is -1.85. The number of rotatable bonds is 18. The molecule has 1 aromatic heterocycles. The summed E-state index contributed by atoms with van der Waals surface area (Å²) in [6.45, 7) is 1.81. The van der Waals surface area contributed by atoms with E-state index in [4.69, 9.17) is 26.7 Å². The van der Waals surface area contributed by atoms with E-state index in [1.807, 2.05) is 0 Å². The molecule has 0 aliphatic heterocycles. The van der Waals surface area contributed by atoms with Crippen molar-refractivity contribution < 1.29 is 32.6 Å². The molecule has 2 atom stereocenters. The lowest BCUT2D eigenvalue weighted by atomic mass is 10.0. The number of nitrogens with one attached hydrogen (secondary N) is 5. The molecular formula is C29H39N7O7S. The van der Waals surface area contributed by atoms with E-state index in [0.717, 1.165) is 5.52 Å². The van der Waals surface area contributed by atoms with Gasteiger partial charge in [-0.2, -0.15) is 0 Å². The van der Waals surface area contributed by atoms with E-state index in [1.165, 1.54) is 6.92 Å². The first-order chi connectivity index (χ1) is 20.9. The largest absolute Gasteiger partial charge is 0.493 e. The Morgan fingerprint density at radius 1 is 1.07 bits per heavy atom. The molecule has 3 amide bonds. The van der Waals surface area contributed by atoms with Gasteiger partial charge in [-0.25, -0.2) is 13.1 Å². The zero-order valence-corrected chi connectivity index (χ0v) is 25.2. The third-order valence-electron chi connectivity index (χ3n) is 6.80. The highest BCUT2D eigenvalue weighted by atomic mass is 32.2. The molecule has 14 nitrogen and oxygen atoms in total. The van der Waals surface area contributed by atoms with Gasteiger partial charge in [0.15, 0.2) is 0 Å². The first-order valence-electron chi connectivity index (χ1n) is 14.1. The Labute approximate surface area is 255 Å². The molecule has 15 heteroatoms. The number of hydrogen-bond acceptors (Lipinski definition) is 8. The van der Waals surface area contributed by atoms with Gasteiger partial charge in [0.2, 0.25) is 27.7 Å². The first-order valence-corrected chi connectivity index (χ1v) is 15.7. The maximum atomic E-state index is 13.6. The Bertz CT molecular complexity index is 1570. The summed E-state index contributed by atoms with van der Waals surface area (Å²) >= 11 is 0. The van der Waals surface area contributed by atoms with Crippen molar-refractivity contribution in [1.82, 2.24) is 20.3 Å². The number of aliphatic hydroxyl groups excluding tert-OH is 1. The van der Waals surface area contributed by atoms with Gasteiger partial charge in [-0.05, 0) is 49.1 Å². The normalized spacial score (nSPS) is 12.8. The molecule has 0 aliphatic rings.